The van der Waals surface area contributed by atoms with Crippen molar-refractivity contribution in [2.75, 3.05) is 0 Å². The topological polar surface area (TPSA) is 83.4 Å². The molecule has 2 aliphatic rings. The number of amides is 1. The molecule has 1 amide bonds. The van der Waals surface area contributed by atoms with E-state index in [1.807, 2.05) is 0 Å². The summed E-state index contributed by atoms with van der Waals surface area (Å²) in [6.07, 6.45) is 4.72. The number of aryl methyl sites for hydroxylation is 1. The van der Waals surface area contributed by atoms with Gasteiger partial charge in [0.25, 0.3) is 5.91 Å². The van der Waals surface area contributed by atoms with Crippen LogP contribution in [0.1, 0.15) is 47.5 Å². The Morgan fingerprint density at radius 2 is 2.10 bits per heavy atom. The van der Waals surface area contributed by atoms with Gasteiger partial charge in [-0.05, 0) is 43.6 Å². The highest BCUT2D eigenvalue weighted by molar-refractivity contribution is 7.08. The zero-order valence-electron chi connectivity index (χ0n) is 11.3. The molecular formula is C13H17N3O3S. The van der Waals surface area contributed by atoms with Crippen LogP contribution in [0, 0.1) is 12.8 Å². The van der Waals surface area contributed by atoms with E-state index in [9.17, 15) is 14.7 Å². The van der Waals surface area contributed by atoms with Gasteiger partial charge in [0.15, 0.2) is 0 Å². The quantitative estimate of drug-likeness (QED) is 0.898. The molecule has 1 aromatic rings. The van der Waals surface area contributed by atoms with Crippen molar-refractivity contribution in [2.24, 2.45) is 5.92 Å². The molecule has 7 heteroatoms. The predicted molar refractivity (Wildman–Crippen MR) is 72.6 cm³/mol. The Hall–Kier alpha value is -1.50. The second-order valence-electron chi connectivity index (χ2n) is 5.60. The molecule has 108 valence electrons. The van der Waals surface area contributed by atoms with Crippen LogP contribution in [0.25, 0.3) is 0 Å². The lowest BCUT2D eigenvalue weighted by molar-refractivity contribution is -0.141. The highest BCUT2D eigenvalue weighted by atomic mass is 32.1. The summed E-state index contributed by atoms with van der Waals surface area (Å²) in [5, 5.41) is 13.3. The van der Waals surface area contributed by atoms with Crippen LogP contribution >= 0.6 is 11.5 Å². The van der Waals surface area contributed by atoms with Gasteiger partial charge in [-0.3, -0.25) is 4.79 Å². The lowest BCUT2D eigenvalue weighted by atomic mass is 9.85. The van der Waals surface area contributed by atoms with E-state index in [1.165, 1.54) is 0 Å². The summed E-state index contributed by atoms with van der Waals surface area (Å²) < 4.78 is 3.78. The van der Waals surface area contributed by atoms with E-state index in [0.717, 1.165) is 37.2 Å². The van der Waals surface area contributed by atoms with E-state index < -0.39 is 12.0 Å². The predicted octanol–water partition coefficient (Wildman–Crippen LogP) is 1.70. The Morgan fingerprint density at radius 1 is 1.35 bits per heavy atom. The number of carboxylic acids is 1. The van der Waals surface area contributed by atoms with Crippen molar-refractivity contribution in [3.63, 3.8) is 0 Å². The highest BCUT2D eigenvalue weighted by Crippen LogP contribution is 2.40. The first-order chi connectivity index (χ1) is 9.59. The van der Waals surface area contributed by atoms with Crippen molar-refractivity contribution in [2.45, 2.75) is 51.1 Å². The molecule has 0 spiro atoms. The summed E-state index contributed by atoms with van der Waals surface area (Å²) in [5.74, 6) is -0.780. The van der Waals surface area contributed by atoms with E-state index >= 15 is 0 Å². The van der Waals surface area contributed by atoms with E-state index in [1.54, 1.807) is 11.8 Å². The average Bonchev–Trinajstić information content (AvgIpc) is 3.01. The van der Waals surface area contributed by atoms with Crippen molar-refractivity contribution < 1.29 is 14.7 Å². The SMILES string of the molecule is Cc1nnsc1C(=O)N1C(C(=O)O)CC2CCCCC21. The third kappa shape index (κ3) is 2.09. The number of carbonyl (C=O) groups excluding carboxylic acids is 1. The van der Waals surface area contributed by atoms with Crippen LogP contribution in [0.4, 0.5) is 0 Å². The number of carbonyl (C=O) groups is 2. The smallest absolute Gasteiger partial charge is 0.326 e. The molecule has 1 aliphatic carbocycles. The van der Waals surface area contributed by atoms with Crippen LogP contribution in [0.5, 0.6) is 0 Å². The normalized spacial score (nSPS) is 29.2. The number of likely N-dealkylation sites (tertiary alicyclic amines) is 1. The van der Waals surface area contributed by atoms with Crippen molar-refractivity contribution >= 4 is 23.4 Å². The summed E-state index contributed by atoms with van der Waals surface area (Å²) >= 11 is 1.05. The molecule has 0 radical (unpaired) electrons. The first-order valence-electron chi connectivity index (χ1n) is 6.94. The molecule has 1 aromatic heterocycles. The Balaban J connectivity index is 1.93. The van der Waals surface area contributed by atoms with Gasteiger partial charge in [0.1, 0.15) is 10.9 Å². The maximum atomic E-state index is 12.7. The fourth-order valence-electron chi connectivity index (χ4n) is 3.52. The summed E-state index contributed by atoms with van der Waals surface area (Å²) in [7, 11) is 0. The first-order valence-corrected chi connectivity index (χ1v) is 7.71. The molecule has 1 saturated heterocycles. The number of hydrogen-bond donors (Lipinski definition) is 1. The van der Waals surface area contributed by atoms with Crippen LogP contribution in [0.15, 0.2) is 0 Å². The standard InChI is InChI=1S/C13H17N3O3S/c1-7-11(20-15-14-7)12(17)16-9-5-3-2-4-8(9)6-10(16)13(18)19/h8-10H,2-6H2,1H3,(H,18,19). The van der Waals surface area contributed by atoms with E-state index in [-0.39, 0.29) is 11.9 Å². The zero-order valence-corrected chi connectivity index (χ0v) is 12.1. The fourth-order valence-corrected chi connectivity index (χ4v) is 4.12. The molecular weight excluding hydrogens is 278 g/mol. The van der Waals surface area contributed by atoms with Crippen molar-refractivity contribution in [1.82, 2.24) is 14.5 Å². The van der Waals surface area contributed by atoms with Crippen LogP contribution in [-0.4, -0.2) is 43.6 Å². The van der Waals surface area contributed by atoms with Gasteiger partial charge in [0.2, 0.25) is 0 Å². The van der Waals surface area contributed by atoms with Crippen LogP contribution in [0.2, 0.25) is 0 Å². The van der Waals surface area contributed by atoms with Gasteiger partial charge in [-0.1, -0.05) is 17.3 Å². The number of nitrogens with zero attached hydrogens (tertiary/aromatic N) is 3. The van der Waals surface area contributed by atoms with Gasteiger partial charge in [0.05, 0.1) is 5.69 Å². The van der Waals surface area contributed by atoms with Gasteiger partial charge in [-0.2, -0.15) is 0 Å². The molecule has 3 rings (SSSR count). The summed E-state index contributed by atoms with van der Waals surface area (Å²) in [6.45, 7) is 1.74. The van der Waals surface area contributed by atoms with Gasteiger partial charge in [0, 0.05) is 6.04 Å². The third-order valence-corrected chi connectivity index (χ3v) is 5.27. The monoisotopic (exact) mass is 295 g/mol. The van der Waals surface area contributed by atoms with Gasteiger partial charge in [-0.15, -0.1) is 5.10 Å². The zero-order chi connectivity index (χ0) is 14.3. The molecule has 3 unspecified atom stereocenters. The summed E-state index contributed by atoms with van der Waals surface area (Å²) in [6, 6.07) is -0.629. The maximum Gasteiger partial charge on any atom is 0.326 e. The minimum atomic E-state index is -0.900. The van der Waals surface area contributed by atoms with Gasteiger partial charge >= 0.3 is 5.97 Å². The van der Waals surface area contributed by atoms with Crippen LogP contribution in [0.3, 0.4) is 0 Å². The minimum absolute atomic E-state index is 0.0684. The van der Waals surface area contributed by atoms with Gasteiger partial charge < -0.3 is 10.0 Å². The largest absolute Gasteiger partial charge is 0.480 e. The first kappa shape index (κ1) is 13.5. The number of carboxylic acid groups (broad SMARTS) is 1. The molecule has 0 aromatic carbocycles. The van der Waals surface area contributed by atoms with E-state index in [2.05, 4.69) is 9.59 Å². The number of hydrogen-bond acceptors (Lipinski definition) is 5. The second-order valence-corrected chi connectivity index (χ2v) is 6.36. The van der Waals surface area contributed by atoms with Crippen molar-refractivity contribution in [3.8, 4) is 0 Å². The molecule has 1 saturated carbocycles. The maximum absolute atomic E-state index is 12.7. The Labute approximate surface area is 121 Å². The fraction of sp³-hybridized carbons (Fsp3) is 0.692. The molecule has 0 bridgehead atoms. The lowest BCUT2D eigenvalue weighted by Crippen LogP contribution is -2.46. The molecule has 2 heterocycles. The van der Waals surface area contributed by atoms with Crippen molar-refractivity contribution in [1.29, 1.82) is 0 Å². The minimum Gasteiger partial charge on any atom is -0.480 e. The molecule has 2 fully saturated rings. The van der Waals surface area contributed by atoms with Crippen LogP contribution < -0.4 is 0 Å². The summed E-state index contributed by atoms with van der Waals surface area (Å²) in [5.41, 5.74) is 0.586. The number of fused-ring (bicyclic) bond motifs is 1. The van der Waals surface area contributed by atoms with Crippen molar-refractivity contribution in [3.05, 3.63) is 10.6 Å². The lowest BCUT2D eigenvalue weighted by Gasteiger charge is -2.32. The average molecular weight is 295 g/mol. The third-order valence-electron chi connectivity index (χ3n) is 4.45. The molecule has 1 N–H and O–H groups in total. The molecule has 6 nitrogen and oxygen atoms in total. The van der Waals surface area contributed by atoms with E-state index in [0.29, 0.717) is 22.9 Å². The molecule has 1 aliphatic heterocycles. The number of aliphatic carboxylic acids is 1. The van der Waals surface area contributed by atoms with Gasteiger partial charge in [-0.25, -0.2) is 4.79 Å². The number of aromatic nitrogens is 2. The Bertz CT molecular complexity index is 545. The Kier molecular flexibility index (Phi) is 3.45. The molecule has 20 heavy (non-hydrogen) atoms. The van der Waals surface area contributed by atoms with E-state index in [4.69, 9.17) is 0 Å². The number of rotatable bonds is 2. The van der Waals surface area contributed by atoms with Crippen LogP contribution in [-0.2, 0) is 4.79 Å². The summed E-state index contributed by atoms with van der Waals surface area (Å²) in [4.78, 5) is 26.3. The second kappa shape index (κ2) is 5.12. The molecule has 3 atom stereocenters. The Morgan fingerprint density at radius 3 is 2.75 bits per heavy atom. The highest BCUT2D eigenvalue weighted by Gasteiger charge is 2.48.